The van der Waals surface area contributed by atoms with Gasteiger partial charge in [0.15, 0.2) is 0 Å². The van der Waals surface area contributed by atoms with Crippen molar-refractivity contribution in [2.24, 2.45) is 0 Å². The number of carbonyl (C=O) groups excluding carboxylic acids is 1. The average molecular weight is 578 g/mol. The SMILES string of the molecule is CC(C)(C)N1CC(c2ccccc2)N(C2CCN(Cc3ccc(Oc4ccc(NS(C)(=O)=O)cc4)nc3)CC2)C1=O. The Hall–Kier alpha value is -3.63. The van der Waals surface area contributed by atoms with Gasteiger partial charge in [0, 0.05) is 55.7 Å². The van der Waals surface area contributed by atoms with E-state index in [0.29, 0.717) is 23.9 Å². The van der Waals surface area contributed by atoms with Crippen LogP contribution in [0.3, 0.4) is 0 Å². The third-order valence-corrected chi connectivity index (χ3v) is 8.28. The summed E-state index contributed by atoms with van der Waals surface area (Å²) >= 11 is 0. The minimum atomic E-state index is -3.32. The number of pyridine rings is 1. The van der Waals surface area contributed by atoms with Crippen LogP contribution in [0, 0.1) is 0 Å². The molecule has 5 rings (SSSR count). The van der Waals surface area contributed by atoms with Crippen LogP contribution < -0.4 is 9.46 Å². The largest absolute Gasteiger partial charge is 0.439 e. The number of benzene rings is 2. The number of sulfonamides is 1. The summed E-state index contributed by atoms with van der Waals surface area (Å²) in [7, 11) is -3.32. The minimum absolute atomic E-state index is 0.0726. The Bertz CT molecular complexity index is 1430. The zero-order chi connectivity index (χ0) is 29.2. The molecule has 2 amide bonds. The second kappa shape index (κ2) is 11.7. The molecule has 0 radical (unpaired) electrons. The smallest absolute Gasteiger partial charge is 0.321 e. The second-order valence-corrected chi connectivity index (χ2v) is 13.7. The van der Waals surface area contributed by atoms with E-state index in [-0.39, 0.29) is 23.7 Å². The summed E-state index contributed by atoms with van der Waals surface area (Å²) < 4.78 is 31.0. The molecule has 1 N–H and O–H groups in total. The molecule has 2 aliphatic rings. The van der Waals surface area contributed by atoms with Gasteiger partial charge in [-0.25, -0.2) is 18.2 Å². The number of ether oxygens (including phenoxy) is 1. The standard InChI is InChI=1S/C31H39N5O4S/c1-31(2,3)35-22-28(24-8-6-5-7-9-24)36(30(35)37)26-16-18-34(19-17-26)21-23-10-15-29(32-20-23)40-27-13-11-25(12-14-27)33-41(4,38)39/h5-15,20,26,28,33H,16-19,21-22H2,1-4H3. The molecule has 0 aliphatic carbocycles. The third-order valence-electron chi connectivity index (χ3n) is 7.67. The van der Waals surface area contributed by atoms with Gasteiger partial charge < -0.3 is 14.5 Å². The molecule has 3 aromatic rings. The van der Waals surface area contributed by atoms with E-state index < -0.39 is 10.0 Å². The molecule has 10 heteroatoms. The molecular weight excluding hydrogens is 538 g/mol. The number of carbonyl (C=O) groups is 1. The number of anilines is 1. The van der Waals surface area contributed by atoms with Crippen LogP contribution >= 0.6 is 0 Å². The Morgan fingerprint density at radius 1 is 0.976 bits per heavy atom. The van der Waals surface area contributed by atoms with Gasteiger partial charge in [-0.1, -0.05) is 36.4 Å². The predicted octanol–water partition coefficient (Wildman–Crippen LogP) is 5.49. The first-order chi connectivity index (χ1) is 19.5. The molecule has 1 unspecified atom stereocenters. The van der Waals surface area contributed by atoms with Crippen LogP contribution in [0.1, 0.15) is 50.8 Å². The number of aromatic nitrogens is 1. The number of hydrogen-bond donors (Lipinski definition) is 1. The van der Waals surface area contributed by atoms with E-state index in [0.717, 1.165) is 44.3 Å². The zero-order valence-electron chi connectivity index (χ0n) is 24.2. The Balaban J connectivity index is 1.17. The number of likely N-dealkylation sites (tertiary alicyclic amines) is 1. The second-order valence-electron chi connectivity index (χ2n) is 11.9. The summed E-state index contributed by atoms with van der Waals surface area (Å²) in [5, 5.41) is 0. The quantitative estimate of drug-likeness (QED) is 0.381. The normalized spacial score (nSPS) is 19.0. The number of hydrogen-bond acceptors (Lipinski definition) is 6. The maximum absolute atomic E-state index is 13.6. The highest BCUT2D eigenvalue weighted by Gasteiger charge is 2.46. The lowest BCUT2D eigenvalue weighted by molar-refractivity contribution is 0.105. The molecule has 1 atom stereocenters. The maximum atomic E-state index is 13.6. The van der Waals surface area contributed by atoms with Crippen LogP contribution in [0.5, 0.6) is 11.6 Å². The fraction of sp³-hybridized carbons (Fsp3) is 0.419. The van der Waals surface area contributed by atoms with Crippen molar-refractivity contribution in [1.29, 1.82) is 0 Å². The van der Waals surface area contributed by atoms with Gasteiger partial charge in [-0.15, -0.1) is 0 Å². The molecule has 2 aromatic carbocycles. The molecule has 0 bridgehead atoms. The molecule has 0 saturated carbocycles. The van der Waals surface area contributed by atoms with E-state index in [1.54, 1.807) is 24.3 Å². The number of amides is 2. The molecular formula is C31H39N5O4S. The molecule has 2 fully saturated rings. The van der Waals surface area contributed by atoms with E-state index in [1.807, 2.05) is 29.3 Å². The predicted molar refractivity (Wildman–Crippen MR) is 160 cm³/mol. The first-order valence-corrected chi connectivity index (χ1v) is 15.9. The van der Waals surface area contributed by atoms with Crippen molar-refractivity contribution in [2.45, 2.75) is 57.8 Å². The first-order valence-electron chi connectivity index (χ1n) is 14.0. The van der Waals surface area contributed by atoms with Gasteiger partial charge in [0.25, 0.3) is 0 Å². The Labute approximate surface area is 243 Å². The third kappa shape index (κ3) is 7.18. The lowest BCUT2D eigenvalue weighted by Crippen LogP contribution is -2.49. The van der Waals surface area contributed by atoms with Crippen LogP contribution in [0.25, 0.3) is 0 Å². The Morgan fingerprint density at radius 2 is 1.66 bits per heavy atom. The highest BCUT2D eigenvalue weighted by atomic mass is 32.2. The van der Waals surface area contributed by atoms with Crippen molar-refractivity contribution in [1.82, 2.24) is 19.7 Å². The molecule has 1 aromatic heterocycles. The molecule has 2 aliphatic heterocycles. The van der Waals surface area contributed by atoms with Crippen molar-refractivity contribution in [3.8, 4) is 11.6 Å². The van der Waals surface area contributed by atoms with Crippen molar-refractivity contribution >= 4 is 21.7 Å². The van der Waals surface area contributed by atoms with Gasteiger partial charge in [0.05, 0.1) is 12.3 Å². The molecule has 9 nitrogen and oxygen atoms in total. The van der Waals surface area contributed by atoms with Crippen LogP contribution in [0.2, 0.25) is 0 Å². The van der Waals surface area contributed by atoms with Crippen LogP contribution in [0.15, 0.2) is 72.9 Å². The molecule has 0 spiro atoms. The molecule has 2 saturated heterocycles. The van der Waals surface area contributed by atoms with Crippen molar-refractivity contribution < 1.29 is 17.9 Å². The number of nitrogens with one attached hydrogen (secondary N) is 1. The lowest BCUT2D eigenvalue weighted by Gasteiger charge is -2.39. The fourth-order valence-electron chi connectivity index (χ4n) is 5.63. The van der Waals surface area contributed by atoms with E-state index in [1.165, 1.54) is 5.56 Å². The van der Waals surface area contributed by atoms with E-state index in [4.69, 9.17) is 4.74 Å². The fourth-order valence-corrected chi connectivity index (χ4v) is 6.19. The summed E-state index contributed by atoms with van der Waals surface area (Å²) in [5.41, 5.74) is 2.55. The van der Waals surface area contributed by atoms with Gasteiger partial charge >= 0.3 is 6.03 Å². The van der Waals surface area contributed by atoms with Crippen molar-refractivity contribution in [3.63, 3.8) is 0 Å². The monoisotopic (exact) mass is 577 g/mol. The van der Waals surface area contributed by atoms with Gasteiger partial charge in [0.1, 0.15) is 5.75 Å². The van der Waals surface area contributed by atoms with Gasteiger partial charge in [-0.3, -0.25) is 9.62 Å². The highest BCUT2D eigenvalue weighted by Crippen LogP contribution is 2.37. The summed E-state index contributed by atoms with van der Waals surface area (Å²) in [4.78, 5) is 24.7. The number of urea groups is 1. The van der Waals surface area contributed by atoms with E-state index in [9.17, 15) is 13.2 Å². The summed E-state index contributed by atoms with van der Waals surface area (Å²) in [6.45, 7) is 9.66. The summed E-state index contributed by atoms with van der Waals surface area (Å²) in [5.74, 6) is 1.04. The van der Waals surface area contributed by atoms with Crippen LogP contribution in [-0.2, 0) is 16.6 Å². The average Bonchev–Trinajstić information content (AvgIpc) is 3.29. The van der Waals surface area contributed by atoms with Gasteiger partial charge in [0.2, 0.25) is 15.9 Å². The van der Waals surface area contributed by atoms with E-state index in [2.05, 4.69) is 64.5 Å². The number of piperidine rings is 1. The van der Waals surface area contributed by atoms with Gasteiger partial charge in [-0.05, 0) is 69.0 Å². The zero-order valence-corrected chi connectivity index (χ0v) is 25.0. The topological polar surface area (TPSA) is 95.1 Å². The Kier molecular flexibility index (Phi) is 8.24. The van der Waals surface area contributed by atoms with Crippen LogP contribution in [0.4, 0.5) is 10.5 Å². The van der Waals surface area contributed by atoms with Gasteiger partial charge in [-0.2, -0.15) is 0 Å². The van der Waals surface area contributed by atoms with E-state index >= 15 is 0 Å². The summed E-state index contributed by atoms with van der Waals surface area (Å²) in [6.07, 6.45) is 4.82. The maximum Gasteiger partial charge on any atom is 0.321 e. The minimum Gasteiger partial charge on any atom is -0.439 e. The molecule has 218 valence electrons. The number of rotatable bonds is 8. The van der Waals surface area contributed by atoms with Crippen molar-refractivity contribution in [3.05, 3.63) is 84.1 Å². The van der Waals surface area contributed by atoms with Crippen molar-refractivity contribution in [2.75, 3.05) is 30.6 Å². The molecule has 41 heavy (non-hydrogen) atoms. The Morgan fingerprint density at radius 3 is 2.24 bits per heavy atom. The van der Waals surface area contributed by atoms with Crippen LogP contribution in [-0.4, -0.2) is 71.6 Å². The summed E-state index contributed by atoms with van der Waals surface area (Å²) in [6, 6.07) is 21.4. The molecule has 3 heterocycles. The number of nitrogens with zero attached hydrogens (tertiary/aromatic N) is 4. The highest BCUT2D eigenvalue weighted by molar-refractivity contribution is 7.92. The first kappa shape index (κ1) is 28.9. The lowest BCUT2D eigenvalue weighted by atomic mass is 9.98.